The topological polar surface area (TPSA) is 97.8 Å². The molecule has 1 amide bonds. The molecule has 0 bridgehead atoms. The van der Waals surface area contributed by atoms with Crippen molar-refractivity contribution in [1.29, 1.82) is 0 Å². The number of amides is 1. The second-order valence-corrected chi connectivity index (χ2v) is 10.1. The Morgan fingerprint density at radius 3 is 2.50 bits per heavy atom. The van der Waals surface area contributed by atoms with Crippen molar-refractivity contribution in [2.24, 2.45) is 0 Å². The Morgan fingerprint density at radius 2 is 1.82 bits per heavy atom. The molecule has 10 heteroatoms. The highest BCUT2D eigenvalue weighted by Crippen LogP contribution is 2.35. The zero-order chi connectivity index (χ0) is 29.1. The lowest BCUT2D eigenvalue weighted by Crippen LogP contribution is -2.13. The van der Waals surface area contributed by atoms with Crippen LogP contribution >= 0.6 is 11.3 Å². The van der Waals surface area contributed by atoms with Crippen LogP contribution in [0.3, 0.4) is 0 Å². The number of unbranched alkanes of at least 4 members (excludes halogenated alkanes) is 3. The normalized spacial score (nSPS) is 11.5. The molecule has 0 saturated carbocycles. The molecule has 0 unspecified atom stereocenters. The summed E-state index contributed by atoms with van der Waals surface area (Å²) < 4.78 is 40.4. The van der Waals surface area contributed by atoms with Crippen molar-refractivity contribution < 1.29 is 33.0 Å². The number of carbonyl (C=O) groups excluding carboxylic acids is 1. The first-order valence-electron chi connectivity index (χ1n) is 13.2. The molecule has 0 atom stereocenters. The molecule has 0 spiro atoms. The molecule has 0 saturated heterocycles. The van der Waals surface area contributed by atoms with E-state index in [9.17, 15) is 18.4 Å². The predicted molar refractivity (Wildman–Crippen MR) is 153 cm³/mol. The van der Waals surface area contributed by atoms with Crippen LogP contribution in [0.2, 0.25) is 0 Å². The molecule has 214 valence electrons. The Hall–Kier alpha value is -3.63. The van der Waals surface area contributed by atoms with Crippen molar-refractivity contribution in [2.45, 2.75) is 52.4 Å². The number of carbonyl (C=O) groups is 2. The number of carboxylic acid groups (broad SMARTS) is 1. The minimum Gasteiger partial charge on any atom is -0.496 e. The Kier molecular flexibility index (Phi) is 11.8. The van der Waals surface area contributed by atoms with E-state index in [1.54, 1.807) is 12.5 Å². The van der Waals surface area contributed by atoms with Crippen LogP contribution in [-0.4, -0.2) is 42.3 Å². The molecule has 40 heavy (non-hydrogen) atoms. The first kappa shape index (κ1) is 30.9. The van der Waals surface area contributed by atoms with Gasteiger partial charge in [0.1, 0.15) is 17.4 Å². The fourth-order valence-electron chi connectivity index (χ4n) is 4.08. The number of nitrogens with one attached hydrogen (secondary N) is 1. The van der Waals surface area contributed by atoms with Crippen LogP contribution in [0.15, 0.2) is 41.3 Å². The number of methoxy groups -OCH3 is 1. The zero-order valence-corrected chi connectivity index (χ0v) is 23.7. The first-order chi connectivity index (χ1) is 19.2. The largest absolute Gasteiger partial charge is 0.496 e. The number of ether oxygens (including phenoxy) is 2. The van der Waals surface area contributed by atoms with Crippen molar-refractivity contribution in [3.8, 4) is 17.0 Å². The molecule has 1 heterocycles. The van der Waals surface area contributed by atoms with E-state index in [4.69, 9.17) is 14.6 Å². The highest BCUT2D eigenvalue weighted by molar-refractivity contribution is 7.14. The van der Waals surface area contributed by atoms with Gasteiger partial charge in [0, 0.05) is 40.9 Å². The van der Waals surface area contributed by atoms with Crippen LogP contribution in [0.5, 0.6) is 5.75 Å². The molecule has 3 aromatic rings. The molecule has 0 aliphatic carbocycles. The van der Waals surface area contributed by atoms with Crippen molar-refractivity contribution >= 4 is 34.4 Å². The van der Waals surface area contributed by atoms with Crippen molar-refractivity contribution in [3.63, 3.8) is 0 Å². The van der Waals surface area contributed by atoms with Gasteiger partial charge in [-0.2, -0.15) is 0 Å². The maximum atomic E-state index is 14.5. The molecule has 2 aromatic carbocycles. The number of hydrogen-bond donors (Lipinski definition) is 2. The molecular weight excluding hydrogens is 538 g/mol. The van der Waals surface area contributed by atoms with Gasteiger partial charge < -0.3 is 14.6 Å². The van der Waals surface area contributed by atoms with E-state index >= 15 is 0 Å². The molecule has 1 aromatic heterocycles. The number of aromatic nitrogens is 1. The van der Waals surface area contributed by atoms with E-state index in [2.05, 4.69) is 17.2 Å². The second kappa shape index (κ2) is 15.2. The summed E-state index contributed by atoms with van der Waals surface area (Å²) in [4.78, 5) is 28.2. The minimum atomic E-state index is -1.30. The van der Waals surface area contributed by atoms with Gasteiger partial charge in [-0.1, -0.05) is 38.3 Å². The maximum absolute atomic E-state index is 14.5. The van der Waals surface area contributed by atoms with Gasteiger partial charge in [0.2, 0.25) is 0 Å². The molecule has 0 aliphatic rings. The Balaban J connectivity index is 1.67. The van der Waals surface area contributed by atoms with Crippen LogP contribution in [0.25, 0.3) is 17.3 Å². The van der Waals surface area contributed by atoms with E-state index in [0.29, 0.717) is 18.1 Å². The molecule has 0 aliphatic heterocycles. The Bertz CT molecular complexity index is 1330. The van der Waals surface area contributed by atoms with Crippen molar-refractivity contribution in [2.75, 3.05) is 25.6 Å². The smallest absolute Gasteiger partial charge is 0.331 e. The summed E-state index contributed by atoms with van der Waals surface area (Å²) in [6.07, 6.45) is 7.20. The average molecular weight is 573 g/mol. The van der Waals surface area contributed by atoms with Gasteiger partial charge in [0.25, 0.3) is 5.91 Å². The zero-order valence-electron chi connectivity index (χ0n) is 22.9. The van der Waals surface area contributed by atoms with Crippen molar-refractivity contribution in [1.82, 2.24) is 4.98 Å². The van der Waals surface area contributed by atoms with E-state index in [-0.39, 0.29) is 16.3 Å². The molecule has 0 fully saturated rings. The quantitative estimate of drug-likeness (QED) is 0.146. The summed E-state index contributed by atoms with van der Waals surface area (Å²) >= 11 is 1.17. The number of hydrogen-bond acceptors (Lipinski definition) is 6. The summed E-state index contributed by atoms with van der Waals surface area (Å²) in [5.41, 5.74) is 1.34. The summed E-state index contributed by atoms with van der Waals surface area (Å²) in [5, 5.41) is 13.5. The third-order valence-electron chi connectivity index (χ3n) is 6.22. The number of para-hydroxylation sites is 1. The fraction of sp³-hybridized carbons (Fsp3) is 0.367. The molecule has 2 N–H and O–H groups in total. The number of rotatable bonds is 15. The SMILES string of the molecule is CCCCCCOCCCc1cccc(-c2csc(NC(=O)c3cc(F)c(/C=C(\C)C(=O)O)c(F)c3)n2)c1OC. The lowest BCUT2D eigenvalue weighted by molar-refractivity contribution is -0.132. The lowest BCUT2D eigenvalue weighted by Gasteiger charge is -2.12. The highest BCUT2D eigenvalue weighted by Gasteiger charge is 2.18. The summed E-state index contributed by atoms with van der Waals surface area (Å²) in [6.45, 7) is 4.85. The minimum absolute atomic E-state index is 0.240. The third-order valence-corrected chi connectivity index (χ3v) is 6.98. The highest BCUT2D eigenvalue weighted by atomic mass is 32.1. The fourth-order valence-corrected chi connectivity index (χ4v) is 4.78. The van der Waals surface area contributed by atoms with Gasteiger partial charge in [-0.05, 0) is 56.0 Å². The van der Waals surface area contributed by atoms with Gasteiger partial charge in [-0.25, -0.2) is 18.6 Å². The van der Waals surface area contributed by atoms with E-state index < -0.39 is 29.1 Å². The van der Waals surface area contributed by atoms with Crippen LogP contribution in [0.4, 0.5) is 13.9 Å². The summed E-state index contributed by atoms with van der Waals surface area (Å²) in [6, 6.07) is 7.51. The number of thiazole rings is 1. The maximum Gasteiger partial charge on any atom is 0.331 e. The van der Waals surface area contributed by atoms with Crippen molar-refractivity contribution in [3.05, 3.63) is 69.6 Å². The van der Waals surface area contributed by atoms with Gasteiger partial charge in [0.15, 0.2) is 5.13 Å². The molecule has 0 radical (unpaired) electrons. The first-order valence-corrected chi connectivity index (χ1v) is 14.0. The van der Waals surface area contributed by atoms with Crippen LogP contribution in [0.1, 0.15) is 67.4 Å². The standard InChI is InChI=1S/C30H34F2N2O5S/c1-4-5-6-7-13-39-14-9-11-20-10-8-12-22(27(20)38-3)26-18-40-30(33-26)34-28(35)21-16-24(31)23(25(32)17-21)15-19(2)29(36)37/h8,10,12,15-18H,4-7,9,11,13-14H2,1-3H3,(H,36,37)(H,33,34,35)/b19-15+. The predicted octanol–water partition coefficient (Wildman–Crippen LogP) is 7.37. The van der Waals surface area contributed by atoms with Crippen LogP contribution < -0.4 is 10.1 Å². The monoisotopic (exact) mass is 572 g/mol. The van der Waals surface area contributed by atoms with Gasteiger partial charge >= 0.3 is 5.97 Å². The number of aryl methyl sites for hydroxylation is 1. The number of anilines is 1. The Morgan fingerprint density at radius 1 is 1.10 bits per heavy atom. The third kappa shape index (κ3) is 8.43. The number of carboxylic acids is 1. The Labute approximate surface area is 236 Å². The lowest BCUT2D eigenvalue weighted by atomic mass is 10.0. The van der Waals surface area contributed by atoms with Crippen LogP contribution in [-0.2, 0) is 16.0 Å². The summed E-state index contributed by atoms with van der Waals surface area (Å²) in [5.74, 6) is -3.45. The van der Waals surface area contributed by atoms with Crippen LogP contribution in [0, 0.1) is 11.6 Å². The van der Waals surface area contributed by atoms with Gasteiger partial charge in [-0.3, -0.25) is 10.1 Å². The van der Waals surface area contributed by atoms with E-state index in [1.807, 2.05) is 18.2 Å². The number of benzene rings is 2. The number of halogens is 2. The summed E-state index contributed by atoms with van der Waals surface area (Å²) in [7, 11) is 1.60. The molecule has 7 nitrogen and oxygen atoms in total. The second-order valence-electron chi connectivity index (χ2n) is 9.25. The van der Waals surface area contributed by atoms with Gasteiger partial charge in [-0.15, -0.1) is 11.3 Å². The van der Waals surface area contributed by atoms with Gasteiger partial charge in [0.05, 0.1) is 12.8 Å². The number of aliphatic carboxylic acids is 1. The van der Waals surface area contributed by atoms with E-state index in [1.165, 1.54) is 37.5 Å². The number of nitrogens with zero attached hydrogens (tertiary/aromatic N) is 1. The van der Waals surface area contributed by atoms with E-state index in [0.717, 1.165) is 55.2 Å². The molecule has 3 rings (SSSR count). The molecular formula is C30H34F2N2O5S. The average Bonchev–Trinajstić information content (AvgIpc) is 3.39.